The number of amidine groups is 1. The van der Waals surface area contributed by atoms with Crippen LogP contribution < -0.4 is 4.90 Å². The van der Waals surface area contributed by atoms with E-state index in [2.05, 4.69) is 35.7 Å². The third kappa shape index (κ3) is 3.79. The minimum Gasteiger partial charge on any atom is -0.322 e. The smallest absolute Gasteiger partial charge is 0.243 e. The van der Waals surface area contributed by atoms with Gasteiger partial charge in [-0.1, -0.05) is 13.8 Å². The minimum atomic E-state index is -3.66. The van der Waals surface area contributed by atoms with Crippen molar-refractivity contribution < 1.29 is 13.2 Å². The van der Waals surface area contributed by atoms with Crippen LogP contribution in [0.4, 0.5) is 5.69 Å². The van der Waals surface area contributed by atoms with Crippen LogP contribution in [0.1, 0.15) is 37.0 Å². The Balaban J connectivity index is 1.39. The number of carbonyl (C=O) groups excluding carboxylic acids is 1. The topological polar surface area (TPSA) is 76.5 Å². The molecule has 1 aromatic carbocycles. The van der Waals surface area contributed by atoms with E-state index in [-0.39, 0.29) is 22.1 Å². The van der Waals surface area contributed by atoms with Crippen LogP contribution in [0.2, 0.25) is 0 Å². The van der Waals surface area contributed by atoms with E-state index in [9.17, 15) is 13.2 Å². The molecule has 9 heteroatoms. The monoisotopic (exact) mass is 459 g/mol. The molecule has 1 aromatic rings. The van der Waals surface area contributed by atoms with Gasteiger partial charge in [-0.2, -0.15) is 4.31 Å². The number of anilines is 1. The van der Waals surface area contributed by atoms with Gasteiger partial charge in [0, 0.05) is 63.8 Å². The van der Waals surface area contributed by atoms with E-state index in [1.807, 2.05) is 4.90 Å². The second-order valence-electron chi connectivity index (χ2n) is 10.4. The molecule has 2 fully saturated rings. The summed E-state index contributed by atoms with van der Waals surface area (Å²) in [7, 11) is -1.54. The highest BCUT2D eigenvalue weighted by Crippen LogP contribution is 2.37. The van der Waals surface area contributed by atoms with Crippen LogP contribution in [0.25, 0.3) is 0 Å². The zero-order valence-corrected chi connectivity index (χ0v) is 20.1. The molecule has 0 aromatic heterocycles. The van der Waals surface area contributed by atoms with E-state index >= 15 is 0 Å². The zero-order valence-electron chi connectivity index (χ0n) is 19.2. The maximum absolute atomic E-state index is 13.6. The van der Waals surface area contributed by atoms with Crippen LogP contribution in [0.15, 0.2) is 28.1 Å². The van der Waals surface area contributed by atoms with E-state index in [4.69, 9.17) is 0 Å². The van der Waals surface area contributed by atoms with Gasteiger partial charge in [0.1, 0.15) is 0 Å². The number of benzene rings is 1. The van der Waals surface area contributed by atoms with Gasteiger partial charge in [-0.05, 0) is 38.1 Å². The van der Waals surface area contributed by atoms with Crippen LogP contribution in [0.3, 0.4) is 0 Å². The molecule has 4 heterocycles. The highest BCUT2D eigenvalue weighted by molar-refractivity contribution is 7.89. The molecule has 0 N–H and O–H groups in total. The molecule has 8 nitrogen and oxygen atoms in total. The summed E-state index contributed by atoms with van der Waals surface area (Å²) in [6.07, 6.45) is 1.76. The van der Waals surface area contributed by atoms with Crippen LogP contribution in [-0.4, -0.2) is 99.6 Å². The summed E-state index contributed by atoms with van der Waals surface area (Å²) >= 11 is 0. The molecule has 0 aliphatic carbocycles. The Kier molecular flexibility index (Phi) is 5.43. The largest absolute Gasteiger partial charge is 0.322 e. The number of ketones is 1. The summed E-state index contributed by atoms with van der Waals surface area (Å²) in [4.78, 5) is 24.4. The molecule has 174 valence electrons. The number of sulfonamides is 1. The Hall–Kier alpha value is -1.81. The molecule has 0 radical (unpaired) electrons. The SMILES string of the molecule is CN1CCN(C[C@@H]2CCCN2S(=O)(=O)c2ccc3c(c2)C(=O)C2=NCC(C)(C)CN23)CC1. The Labute approximate surface area is 190 Å². The first kappa shape index (κ1) is 22.0. The number of hydrogen-bond donors (Lipinski definition) is 0. The summed E-state index contributed by atoms with van der Waals surface area (Å²) in [5, 5.41) is 0. The predicted octanol–water partition coefficient (Wildman–Crippen LogP) is 1.53. The molecule has 32 heavy (non-hydrogen) atoms. The van der Waals surface area contributed by atoms with E-state index in [1.54, 1.807) is 22.5 Å². The molecular weight excluding hydrogens is 426 g/mol. The number of carbonyl (C=O) groups is 1. The molecular formula is C23H33N5O3S. The first-order valence-corrected chi connectivity index (χ1v) is 13.0. The first-order valence-electron chi connectivity index (χ1n) is 11.6. The van der Waals surface area contributed by atoms with Gasteiger partial charge < -0.3 is 9.80 Å². The molecule has 2 saturated heterocycles. The van der Waals surface area contributed by atoms with Crippen molar-refractivity contribution in [2.45, 2.75) is 37.6 Å². The first-order chi connectivity index (χ1) is 15.2. The quantitative estimate of drug-likeness (QED) is 0.680. The Morgan fingerprint density at radius 1 is 1.12 bits per heavy atom. The van der Waals surface area contributed by atoms with Gasteiger partial charge in [0.05, 0.1) is 16.1 Å². The lowest BCUT2D eigenvalue weighted by molar-refractivity contribution is 0.106. The van der Waals surface area contributed by atoms with E-state index in [1.165, 1.54) is 0 Å². The fraction of sp³-hybridized carbons (Fsp3) is 0.652. The van der Waals surface area contributed by atoms with Crippen molar-refractivity contribution in [1.29, 1.82) is 0 Å². The van der Waals surface area contributed by atoms with Crippen molar-refractivity contribution in [3.63, 3.8) is 0 Å². The Morgan fingerprint density at radius 2 is 1.88 bits per heavy atom. The number of fused-ring (bicyclic) bond motifs is 3. The van der Waals surface area contributed by atoms with Gasteiger partial charge in [-0.3, -0.25) is 14.7 Å². The van der Waals surface area contributed by atoms with Crippen LogP contribution in [-0.2, 0) is 10.0 Å². The predicted molar refractivity (Wildman–Crippen MR) is 125 cm³/mol. The molecule has 0 saturated carbocycles. The van der Waals surface area contributed by atoms with Crippen LogP contribution >= 0.6 is 0 Å². The average molecular weight is 460 g/mol. The van der Waals surface area contributed by atoms with Crippen LogP contribution in [0, 0.1) is 5.41 Å². The number of hydrogen-bond acceptors (Lipinski definition) is 7. The highest BCUT2D eigenvalue weighted by Gasteiger charge is 2.42. The molecule has 4 aliphatic heterocycles. The molecule has 0 unspecified atom stereocenters. The molecule has 1 atom stereocenters. The van der Waals surface area contributed by atoms with E-state index < -0.39 is 10.0 Å². The Bertz CT molecular complexity index is 1060. The number of Topliss-reactive ketones (excluding diaryl/α,β-unsaturated/α-hetero) is 1. The fourth-order valence-corrected chi connectivity index (χ4v) is 7.02. The van der Waals surface area contributed by atoms with Crippen molar-refractivity contribution in [3.05, 3.63) is 23.8 Å². The average Bonchev–Trinajstić information content (AvgIpc) is 3.32. The number of rotatable bonds is 4. The lowest BCUT2D eigenvalue weighted by atomic mass is 9.91. The van der Waals surface area contributed by atoms with Crippen molar-refractivity contribution in [3.8, 4) is 0 Å². The fourth-order valence-electron chi connectivity index (χ4n) is 5.31. The highest BCUT2D eigenvalue weighted by atomic mass is 32.2. The van der Waals surface area contributed by atoms with Crippen molar-refractivity contribution >= 4 is 27.3 Å². The third-order valence-corrected chi connectivity index (χ3v) is 9.15. The number of aliphatic imine (C=N–C) groups is 1. The van der Waals surface area contributed by atoms with Gasteiger partial charge in [-0.15, -0.1) is 0 Å². The van der Waals surface area contributed by atoms with Gasteiger partial charge in [0.25, 0.3) is 0 Å². The lowest BCUT2D eigenvalue weighted by Crippen LogP contribution is -2.50. The molecule has 0 amide bonds. The standard InChI is InChI=1S/C23H33N5O3S/c1-23(2)15-24-22-21(29)19-13-18(6-7-20(19)27(22)16-23)32(30,31)28-8-4-5-17(28)14-26-11-9-25(3)10-12-26/h6-7,13,17H,4-5,8-12,14-16H2,1-3H3/t17-/m0/s1. The van der Waals surface area contributed by atoms with Gasteiger partial charge in [-0.25, -0.2) is 8.42 Å². The maximum Gasteiger partial charge on any atom is 0.243 e. The second-order valence-corrected chi connectivity index (χ2v) is 12.3. The van der Waals surface area contributed by atoms with Gasteiger partial charge >= 0.3 is 0 Å². The molecule has 0 spiro atoms. The summed E-state index contributed by atoms with van der Waals surface area (Å²) in [6, 6.07) is 5.02. The van der Waals surface area contributed by atoms with E-state index in [0.717, 1.165) is 51.3 Å². The van der Waals surface area contributed by atoms with Gasteiger partial charge in [0.2, 0.25) is 15.8 Å². The number of nitrogens with zero attached hydrogens (tertiary/aromatic N) is 5. The summed E-state index contributed by atoms with van der Waals surface area (Å²) in [6.45, 7) is 10.9. The summed E-state index contributed by atoms with van der Waals surface area (Å²) in [5.41, 5.74) is 1.20. The second kappa shape index (κ2) is 7.90. The third-order valence-electron chi connectivity index (χ3n) is 7.20. The van der Waals surface area contributed by atoms with E-state index in [0.29, 0.717) is 31.0 Å². The molecule has 4 aliphatic rings. The number of likely N-dealkylation sites (N-methyl/N-ethyl adjacent to an activating group) is 1. The summed E-state index contributed by atoms with van der Waals surface area (Å²) < 4.78 is 28.9. The normalized spacial score (nSPS) is 26.8. The Morgan fingerprint density at radius 3 is 2.62 bits per heavy atom. The summed E-state index contributed by atoms with van der Waals surface area (Å²) in [5.74, 6) is 0.283. The zero-order chi connectivity index (χ0) is 22.7. The minimum absolute atomic E-state index is 0.0103. The van der Waals surface area contributed by atoms with Crippen LogP contribution in [0.5, 0.6) is 0 Å². The maximum atomic E-state index is 13.6. The van der Waals surface area contributed by atoms with Crippen molar-refractivity contribution in [2.24, 2.45) is 10.4 Å². The van der Waals surface area contributed by atoms with Crippen molar-refractivity contribution in [1.82, 2.24) is 14.1 Å². The molecule has 5 rings (SSSR count). The number of piperazine rings is 1. The van der Waals surface area contributed by atoms with Crippen molar-refractivity contribution in [2.75, 3.05) is 64.3 Å². The molecule has 0 bridgehead atoms. The lowest BCUT2D eigenvalue weighted by Gasteiger charge is -2.35. The van der Waals surface area contributed by atoms with Gasteiger partial charge in [0.15, 0.2) is 5.84 Å².